The van der Waals surface area contributed by atoms with Gasteiger partial charge in [-0.1, -0.05) is 0 Å². The molecular formula is C20H27N9O. The van der Waals surface area contributed by atoms with Crippen molar-refractivity contribution in [1.29, 1.82) is 10.8 Å². The summed E-state index contributed by atoms with van der Waals surface area (Å²) in [6, 6.07) is 7.43. The van der Waals surface area contributed by atoms with Crippen molar-refractivity contribution in [3.8, 4) is 5.75 Å². The van der Waals surface area contributed by atoms with Gasteiger partial charge in [0.15, 0.2) is 5.82 Å². The molecule has 0 aliphatic carbocycles. The van der Waals surface area contributed by atoms with E-state index in [-0.39, 0.29) is 5.95 Å². The van der Waals surface area contributed by atoms with E-state index in [2.05, 4.69) is 30.6 Å². The molecule has 0 aliphatic heterocycles. The molecule has 2 rings (SSSR count). The minimum Gasteiger partial charge on any atom is -0.494 e. The van der Waals surface area contributed by atoms with Gasteiger partial charge < -0.3 is 31.9 Å². The third-order valence-corrected chi connectivity index (χ3v) is 3.72. The third-order valence-electron chi connectivity index (χ3n) is 3.72. The van der Waals surface area contributed by atoms with Gasteiger partial charge in [-0.2, -0.15) is 4.98 Å². The van der Waals surface area contributed by atoms with Crippen molar-refractivity contribution in [2.75, 3.05) is 37.3 Å². The van der Waals surface area contributed by atoms with Gasteiger partial charge in [-0.15, -0.1) is 0 Å². The van der Waals surface area contributed by atoms with Crippen LogP contribution < -0.4 is 21.1 Å². The number of nitrogens with zero attached hydrogens (tertiary/aromatic N) is 4. The summed E-state index contributed by atoms with van der Waals surface area (Å²) in [5.41, 5.74) is 7.47. The largest absolute Gasteiger partial charge is 0.494 e. The van der Waals surface area contributed by atoms with E-state index in [9.17, 15) is 0 Å². The monoisotopic (exact) mass is 409 g/mol. The number of aromatic nitrogens is 2. The van der Waals surface area contributed by atoms with E-state index >= 15 is 0 Å². The highest BCUT2D eigenvalue weighted by atomic mass is 16.5. The van der Waals surface area contributed by atoms with E-state index < -0.39 is 0 Å². The van der Waals surface area contributed by atoms with Crippen molar-refractivity contribution in [3.63, 3.8) is 0 Å². The first-order valence-corrected chi connectivity index (χ1v) is 9.57. The molecule has 2 aromatic rings. The Balaban J connectivity index is 2.02. The lowest BCUT2D eigenvalue weighted by Crippen LogP contribution is -2.19. The molecule has 10 nitrogen and oxygen atoms in total. The maximum absolute atomic E-state index is 7.51. The molecule has 0 fully saturated rings. The summed E-state index contributed by atoms with van der Waals surface area (Å²) in [6.07, 6.45) is 6.12. The summed E-state index contributed by atoms with van der Waals surface area (Å²) in [7, 11) is 0. The zero-order chi connectivity index (χ0) is 21.6. The van der Waals surface area contributed by atoms with Crippen LogP contribution in [0.2, 0.25) is 0 Å². The quantitative estimate of drug-likeness (QED) is 0.253. The molecule has 0 saturated carbocycles. The van der Waals surface area contributed by atoms with E-state index in [4.69, 9.17) is 21.3 Å². The lowest BCUT2D eigenvalue weighted by atomic mass is 10.3. The van der Waals surface area contributed by atoms with Crippen molar-refractivity contribution >= 4 is 47.5 Å². The zero-order valence-corrected chi connectivity index (χ0v) is 16.9. The number of nitrogens with two attached hydrogens (primary N) is 1. The molecule has 1 aromatic heterocycles. The number of hydrogen-bond donors (Lipinski definition) is 5. The molecule has 6 N–H and O–H groups in total. The summed E-state index contributed by atoms with van der Waals surface area (Å²) in [5.74, 6) is 1.38. The normalized spacial score (nSPS) is 11.4. The van der Waals surface area contributed by atoms with Crippen LogP contribution in [0.5, 0.6) is 5.75 Å². The minimum absolute atomic E-state index is 0.173. The Bertz CT molecular complexity index is 878. The Morgan fingerprint density at radius 3 is 2.73 bits per heavy atom. The number of rotatable bonds is 13. The van der Waals surface area contributed by atoms with Crippen molar-refractivity contribution in [2.45, 2.75) is 13.3 Å². The first-order chi connectivity index (χ1) is 14.7. The van der Waals surface area contributed by atoms with Crippen LogP contribution in [0.3, 0.4) is 0 Å². The van der Waals surface area contributed by atoms with E-state index in [1.54, 1.807) is 0 Å². The molecule has 158 valence electrons. The second kappa shape index (κ2) is 12.7. The van der Waals surface area contributed by atoms with Crippen LogP contribution in [0, 0.1) is 10.8 Å². The first kappa shape index (κ1) is 22.6. The van der Waals surface area contributed by atoms with Gasteiger partial charge in [0.05, 0.1) is 25.0 Å². The first-order valence-electron chi connectivity index (χ1n) is 9.57. The van der Waals surface area contributed by atoms with E-state index in [1.165, 1.54) is 18.6 Å². The molecule has 1 heterocycles. The minimum atomic E-state index is 0.173. The zero-order valence-electron chi connectivity index (χ0n) is 16.9. The fourth-order valence-corrected chi connectivity index (χ4v) is 2.29. The molecule has 0 saturated heterocycles. The summed E-state index contributed by atoms with van der Waals surface area (Å²) in [5, 5.41) is 20.8. The maximum atomic E-state index is 7.51. The van der Waals surface area contributed by atoms with E-state index in [0.29, 0.717) is 43.3 Å². The lowest BCUT2D eigenvalue weighted by Gasteiger charge is -2.09. The predicted molar refractivity (Wildman–Crippen MR) is 123 cm³/mol. The van der Waals surface area contributed by atoms with Crippen LogP contribution in [0.4, 0.5) is 23.1 Å². The summed E-state index contributed by atoms with van der Waals surface area (Å²) in [4.78, 5) is 16.9. The van der Waals surface area contributed by atoms with Gasteiger partial charge in [-0.05, 0) is 43.8 Å². The molecule has 0 unspecified atom stereocenters. The summed E-state index contributed by atoms with van der Waals surface area (Å²) >= 11 is 0. The van der Waals surface area contributed by atoms with E-state index in [1.807, 2.05) is 31.2 Å². The average Bonchev–Trinajstić information content (AvgIpc) is 2.76. The number of anilines is 3. The maximum Gasteiger partial charge on any atom is 0.252 e. The van der Waals surface area contributed by atoms with E-state index in [0.717, 1.165) is 24.2 Å². The number of benzene rings is 1. The van der Waals surface area contributed by atoms with Gasteiger partial charge in [-0.25, -0.2) is 9.98 Å². The number of aliphatic imine (C=N–C) groups is 2. The molecule has 0 atom stereocenters. The molecule has 0 aliphatic rings. The van der Waals surface area contributed by atoms with Gasteiger partial charge in [0, 0.05) is 31.2 Å². The Labute approximate surface area is 175 Å². The van der Waals surface area contributed by atoms with Crippen LogP contribution in [-0.2, 0) is 0 Å². The standard InChI is InChI=1S/C20H27N9O/c1-2-30-17-6-4-15(5-7-17)27-19-18(23)14-26-20(29-19)28-16(12-22)13-25-11-10-24-9-3-8-21/h4-8,12-14,21-22,24H,2-3,9-11,23H2,1H3,(H,26,27,29). The summed E-state index contributed by atoms with van der Waals surface area (Å²) < 4.78 is 5.43. The van der Waals surface area contributed by atoms with Crippen molar-refractivity contribution < 1.29 is 4.74 Å². The SMILES string of the molecule is CCOc1ccc(Nc2nc(N=C(C=N)C=NCCNCCC=N)ncc2N)cc1. The van der Waals surface area contributed by atoms with Crippen molar-refractivity contribution in [2.24, 2.45) is 9.98 Å². The van der Waals surface area contributed by atoms with Gasteiger partial charge in [0.2, 0.25) is 0 Å². The molecule has 0 radical (unpaired) electrons. The Morgan fingerprint density at radius 2 is 2.03 bits per heavy atom. The fourth-order valence-electron chi connectivity index (χ4n) is 2.29. The number of nitrogen functional groups attached to an aromatic ring is 1. The molecule has 0 bridgehead atoms. The Kier molecular flexibility index (Phi) is 9.60. The fraction of sp³-hybridized carbons (Fsp3) is 0.300. The second-order valence-electron chi connectivity index (χ2n) is 6.02. The lowest BCUT2D eigenvalue weighted by molar-refractivity contribution is 0.340. The number of ether oxygens (including phenoxy) is 1. The highest BCUT2D eigenvalue weighted by Gasteiger charge is 2.06. The smallest absolute Gasteiger partial charge is 0.252 e. The molecular weight excluding hydrogens is 382 g/mol. The van der Waals surface area contributed by atoms with Crippen LogP contribution in [-0.4, -0.2) is 60.6 Å². The van der Waals surface area contributed by atoms with Gasteiger partial charge >= 0.3 is 0 Å². The Morgan fingerprint density at radius 1 is 1.23 bits per heavy atom. The molecule has 1 aromatic carbocycles. The van der Waals surface area contributed by atoms with Crippen molar-refractivity contribution in [1.82, 2.24) is 15.3 Å². The van der Waals surface area contributed by atoms with Crippen LogP contribution in [0.25, 0.3) is 0 Å². The molecule has 0 spiro atoms. The molecule has 30 heavy (non-hydrogen) atoms. The number of hydrogen-bond acceptors (Lipinski definition) is 10. The van der Waals surface area contributed by atoms with Gasteiger partial charge in [0.25, 0.3) is 5.95 Å². The predicted octanol–water partition coefficient (Wildman–Crippen LogP) is 2.62. The highest BCUT2D eigenvalue weighted by Crippen LogP contribution is 2.24. The van der Waals surface area contributed by atoms with Gasteiger partial charge in [0.1, 0.15) is 11.5 Å². The van der Waals surface area contributed by atoms with Crippen LogP contribution in [0.15, 0.2) is 40.4 Å². The molecule has 0 amide bonds. The number of nitrogens with one attached hydrogen (secondary N) is 4. The second-order valence-corrected chi connectivity index (χ2v) is 6.02. The van der Waals surface area contributed by atoms with Crippen LogP contribution >= 0.6 is 0 Å². The third kappa shape index (κ3) is 7.76. The van der Waals surface area contributed by atoms with Crippen molar-refractivity contribution in [3.05, 3.63) is 30.5 Å². The Hall–Kier alpha value is -3.66. The van der Waals surface area contributed by atoms with Crippen LogP contribution in [0.1, 0.15) is 13.3 Å². The highest BCUT2D eigenvalue weighted by molar-refractivity contribution is 6.55. The molecule has 10 heteroatoms. The average molecular weight is 409 g/mol. The topological polar surface area (TPSA) is 158 Å². The van der Waals surface area contributed by atoms with Gasteiger partial charge in [-0.3, -0.25) is 4.99 Å². The summed E-state index contributed by atoms with van der Waals surface area (Å²) in [6.45, 7) is 4.50.